The van der Waals surface area contributed by atoms with Gasteiger partial charge in [-0.05, 0) is 28.1 Å². The van der Waals surface area contributed by atoms with Crippen LogP contribution in [0.15, 0.2) is 47.2 Å². The highest BCUT2D eigenvalue weighted by atomic mass is 79.9. The van der Waals surface area contributed by atoms with Gasteiger partial charge in [-0.15, -0.1) is 0 Å². The van der Waals surface area contributed by atoms with Crippen LogP contribution in [0.5, 0.6) is 5.75 Å². The van der Waals surface area contributed by atoms with Crippen molar-refractivity contribution in [2.45, 2.75) is 6.61 Å². The zero-order valence-corrected chi connectivity index (χ0v) is 11.1. The van der Waals surface area contributed by atoms with Crippen LogP contribution >= 0.6 is 15.9 Å². The van der Waals surface area contributed by atoms with Gasteiger partial charge in [0.1, 0.15) is 12.4 Å². The average Bonchev–Trinajstić information content (AvgIpc) is 2.37. The van der Waals surface area contributed by atoms with Crippen LogP contribution in [-0.4, -0.2) is 10.9 Å². The Balaban J connectivity index is 2.13. The minimum Gasteiger partial charge on any atom is -0.487 e. The molecule has 5 heteroatoms. The molecule has 0 aliphatic heterocycles. The third kappa shape index (κ3) is 3.07. The van der Waals surface area contributed by atoms with Crippen LogP contribution in [0.4, 0.5) is 0 Å². The van der Waals surface area contributed by atoms with Crippen molar-refractivity contribution in [2.75, 3.05) is 0 Å². The Labute approximate surface area is 113 Å². The minimum absolute atomic E-state index is 0.275. The normalized spacial score (nSPS) is 10.1. The van der Waals surface area contributed by atoms with E-state index in [-0.39, 0.29) is 6.61 Å². The molecular formula is C13H11BrN2O2. The van der Waals surface area contributed by atoms with E-state index in [9.17, 15) is 4.79 Å². The van der Waals surface area contributed by atoms with Gasteiger partial charge in [-0.1, -0.05) is 18.2 Å². The zero-order chi connectivity index (χ0) is 13.0. The number of nitrogens with two attached hydrogens (primary N) is 1. The van der Waals surface area contributed by atoms with E-state index in [0.29, 0.717) is 11.3 Å². The summed E-state index contributed by atoms with van der Waals surface area (Å²) in [4.78, 5) is 15.2. The maximum atomic E-state index is 11.2. The molecule has 2 N–H and O–H groups in total. The molecule has 18 heavy (non-hydrogen) atoms. The van der Waals surface area contributed by atoms with Crippen molar-refractivity contribution in [2.24, 2.45) is 5.73 Å². The SMILES string of the molecule is NC(=O)c1ccccc1COc1cncc(Br)c1. The standard InChI is InChI=1S/C13H11BrN2O2/c14-10-5-11(7-16-6-10)18-8-9-3-1-2-4-12(9)13(15)17/h1-7H,8H2,(H2,15,17). The molecule has 1 aromatic heterocycles. The molecule has 1 heterocycles. The van der Waals surface area contributed by atoms with Gasteiger partial charge in [0.15, 0.2) is 0 Å². The molecule has 0 fully saturated rings. The number of ether oxygens (including phenoxy) is 1. The van der Waals surface area contributed by atoms with E-state index in [1.165, 1.54) is 0 Å². The van der Waals surface area contributed by atoms with Crippen LogP contribution < -0.4 is 10.5 Å². The summed E-state index contributed by atoms with van der Waals surface area (Å²) in [6, 6.07) is 8.90. The highest BCUT2D eigenvalue weighted by Crippen LogP contribution is 2.18. The monoisotopic (exact) mass is 306 g/mol. The average molecular weight is 307 g/mol. The maximum absolute atomic E-state index is 11.2. The second-order valence-corrected chi connectivity index (χ2v) is 4.56. The summed E-state index contributed by atoms with van der Waals surface area (Å²) in [5.74, 6) is 0.171. The number of rotatable bonds is 4. The third-order valence-corrected chi connectivity index (χ3v) is 2.79. The zero-order valence-electron chi connectivity index (χ0n) is 9.47. The Morgan fingerprint density at radius 2 is 2.11 bits per heavy atom. The van der Waals surface area contributed by atoms with Gasteiger partial charge in [0.2, 0.25) is 5.91 Å². The first kappa shape index (κ1) is 12.6. The molecule has 1 amide bonds. The van der Waals surface area contributed by atoms with Crippen molar-refractivity contribution in [3.8, 4) is 5.75 Å². The van der Waals surface area contributed by atoms with Crippen LogP contribution in [0.25, 0.3) is 0 Å². The van der Waals surface area contributed by atoms with Crippen molar-refractivity contribution in [3.63, 3.8) is 0 Å². The van der Waals surface area contributed by atoms with Crippen molar-refractivity contribution in [1.82, 2.24) is 4.98 Å². The largest absolute Gasteiger partial charge is 0.487 e. The molecule has 0 radical (unpaired) electrons. The number of hydrogen-bond acceptors (Lipinski definition) is 3. The summed E-state index contributed by atoms with van der Waals surface area (Å²) in [6.45, 7) is 0.275. The van der Waals surface area contributed by atoms with E-state index in [4.69, 9.17) is 10.5 Å². The van der Waals surface area contributed by atoms with E-state index in [0.717, 1.165) is 10.0 Å². The lowest BCUT2D eigenvalue weighted by Crippen LogP contribution is -2.14. The quantitative estimate of drug-likeness (QED) is 0.944. The predicted octanol–water partition coefficient (Wildman–Crippen LogP) is 2.52. The first-order valence-electron chi connectivity index (χ1n) is 5.28. The van der Waals surface area contributed by atoms with Gasteiger partial charge in [0, 0.05) is 21.8 Å². The minimum atomic E-state index is -0.457. The van der Waals surface area contributed by atoms with E-state index < -0.39 is 5.91 Å². The van der Waals surface area contributed by atoms with E-state index in [1.807, 2.05) is 12.1 Å². The Morgan fingerprint density at radius 3 is 2.83 bits per heavy atom. The predicted molar refractivity (Wildman–Crippen MR) is 71.2 cm³/mol. The van der Waals surface area contributed by atoms with Crippen LogP contribution in [0.3, 0.4) is 0 Å². The molecule has 92 valence electrons. The lowest BCUT2D eigenvalue weighted by atomic mass is 10.1. The summed E-state index contributed by atoms with van der Waals surface area (Å²) in [5, 5.41) is 0. The Bertz CT molecular complexity index is 572. The Morgan fingerprint density at radius 1 is 1.33 bits per heavy atom. The van der Waals surface area contributed by atoms with Crippen molar-refractivity contribution in [3.05, 3.63) is 58.3 Å². The lowest BCUT2D eigenvalue weighted by molar-refractivity contribution is 0.0998. The third-order valence-electron chi connectivity index (χ3n) is 2.36. The van der Waals surface area contributed by atoms with E-state index in [1.54, 1.807) is 30.6 Å². The molecule has 2 rings (SSSR count). The number of aromatic nitrogens is 1. The first-order chi connectivity index (χ1) is 8.66. The van der Waals surface area contributed by atoms with Crippen molar-refractivity contribution >= 4 is 21.8 Å². The van der Waals surface area contributed by atoms with Gasteiger partial charge in [-0.2, -0.15) is 0 Å². The second-order valence-electron chi connectivity index (χ2n) is 3.65. The summed E-state index contributed by atoms with van der Waals surface area (Å²) >= 11 is 3.31. The number of amides is 1. The van der Waals surface area contributed by atoms with Gasteiger partial charge in [0.05, 0.1) is 6.20 Å². The molecule has 0 aliphatic carbocycles. The molecule has 0 bridgehead atoms. The molecule has 0 saturated heterocycles. The van der Waals surface area contributed by atoms with Gasteiger partial charge in [-0.3, -0.25) is 9.78 Å². The molecule has 2 aromatic rings. The Kier molecular flexibility index (Phi) is 3.94. The van der Waals surface area contributed by atoms with Crippen molar-refractivity contribution < 1.29 is 9.53 Å². The smallest absolute Gasteiger partial charge is 0.249 e. The van der Waals surface area contributed by atoms with Gasteiger partial charge < -0.3 is 10.5 Å². The molecule has 4 nitrogen and oxygen atoms in total. The number of carbonyl (C=O) groups excluding carboxylic acids is 1. The summed E-state index contributed by atoms with van der Waals surface area (Å²) in [7, 11) is 0. The van der Waals surface area contributed by atoms with Crippen molar-refractivity contribution in [1.29, 1.82) is 0 Å². The molecule has 1 aromatic carbocycles. The van der Waals surface area contributed by atoms with Crippen LogP contribution in [-0.2, 0) is 6.61 Å². The second kappa shape index (κ2) is 5.64. The topological polar surface area (TPSA) is 65.2 Å². The number of carbonyl (C=O) groups is 1. The number of halogens is 1. The van der Waals surface area contributed by atoms with Crippen LogP contribution in [0, 0.1) is 0 Å². The molecule has 0 atom stereocenters. The first-order valence-corrected chi connectivity index (χ1v) is 6.07. The molecule has 0 unspecified atom stereocenters. The molecule has 0 spiro atoms. The van der Waals surface area contributed by atoms with Gasteiger partial charge in [0.25, 0.3) is 0 Å². The summed E-state index contributed by atoms with van der Waals surface area (Å²) in [6.07, 6.45) is 3.28. The number of benzene rings is 1. The Hall–Kier alpha value is -1.88. The fourth-order valence-corrected chi connectivity index (χ4v) is 1.86. The number of pyridine rings is 1. The van der Waals surface area contributed by atoms with E-state index >= 15 is 0 Å². The fourth-order valence-electron chi connectivity index (χ4n) is 1.52. The summed E-state index contributed by atoms with van der Waals surface area (Å²) < 4.78 is 6.40. The lowest BCUT2D eigenvalue weighted by Gasteiger charge is -2.08. The van der Waals surface area contributed by atoms with Gasteiger partial charge >= 0.3 is 0 Å². The molecule has 0 saturated carbocycles. The van der Waals surface area contributed by atoms with Gasteiger partial charge in [-0.25, -0.2) is 0 Å². The fraction of sp³-hybridized carbons (Fsp3) is 0.0769. The number of hydrogen-bond donors (Lipinski definition) is 1. The number of nitrogens with zero attached hydrogens (tertiary/aromatic N) is 1. The highest BCUT2D eigenvalue weighted by Gasteiger charge is 2.07. The summed E-state index contributed by atoms with van der Waals surface area (Å²) in [5.41, 5.74) is 6.52. The molecular weight excluding hydrogens is 296 g/mol. The maximum Gasteiger partial charge on any atom is 0.249 e. The number of primary amides is 1. The highest BCUT2D eigenvalue weighted by molar-refractivity contribution is 9.10. The van der Waals surface area contributed by atoms with E-state index in [2.05, 4.69) is 20.9 Å². The van der Waals surface area contributed by atoms with Crippen LogP contribution in [0.2, 0.25) is 0 Å². The van der Waals surface area contributed by atoms with Crippen LogP contribution in [0.1, 0.15) is 15.9 Å². The molecule has 0 aliphatic rings.